The summed E-state index contributed by atoms with van der Waals surface area (Å²) >= 11 is 0. The molecule has 0 saturated carbocycles. The maximum Gasteiger partial charge on any atom is 0.525 e. The van der Waals surface area contributed by atoms with E-state index in [1.807, 2.05) is 45.9 Å². The first kappa shape index (κ1) is 19.7. The zero-order valence-corrected chi connectivity index (χ0v) is 16.4. The van der Waals surface area contributed by atoms with Crippen molar-refractivity contribution in [3.63, 3.8) is 0 Å². The molecule has 0 amide bonds. The second-order valence-corrected chi connectivity index (χ2v) is 7.52. The molecular weight excluding hydrogens is 348 g/mol. The first-order valence-corrected chi connectivity index (χ1v) is 8.93. The zero-order chi connectivity index (χ0) is 19.7. The summed E-state index contributed by atoms with van der Waals surface area (Å²) < 4.78 is 33.3. The maximum absolute atomic E-state index is 14.9. The largest absolute Gasteiger partial charge is 0.525 e. The Morgan fingerprint density at radius 3 is 2.44 bits per heavy atom. The molecule has 0 atom stereocenters. The van der Waals surface area contributed by atoms with Crippen molar-refractivity contribution in [1.82, 2.24) is 14.8 Å². The average molecular weight is 373 g/mol. The van der Waals surface area contributed by atoms with Crippen LogP contribution < -0.4 is 0 Å². The van der Waals surface area contributed by atoms with Crippen molar-refractivity contribution in [1.29, 1.82) is 0 Å². The Balaban J connectivity index is 1.90. The van der Waals surface area contributed by atoms with Gasteiger partial charge in [0, 0.05) is 25.1 Å². The lowest BCUT2D eigenvalue weighted by Gasteiger charge is -2.32. The van der Waals surface area contributed by atoms with Crippen LogP contribution >= 0.6 is 0 Å². The molecule has 0 aromatic carbocycles. The van der Waals surface area contributed by atoms with Gasteiger partial charge in [0.25, 0.3) is 0 Å². The molecule has 27 heavy (non-hydrogen) atoms. The molecule has 8 heteroatoms. The number of hydrogen-bond acceptors (Lipinski definition) is 5. The highest BCUT2D eigenvalue weighted by Crippen LogP contribution is 2.39. The minimum absolute atomic E-state index is 0.469. The Hall–Kier alpha value is -2.03. The molecule has 0 aliphatic carbocycles. The summed E-state index contributed by atoms with van der Waals surface area (Å²) in [5.41, 5.74) is 0.579. The topological polar surface area (TPSA) is 58.4 Å². The lowest BCUT2D eigenvalue weighted by Crippen LogP contribution is -2.41. The van der Waals surface area contributed by atoms with Crippen LogP contribution in [0.3, 0.4) is 0 Å². The number of rotatable bonds is 6. The second-order valence-electron chi connectivity index (χ2n) is 7.52. The molecule has 1 fully saturated rings. The molecule has 1 saturated heterocycles. The van der Waals surface area contributed by atoms with E-state index in [4.69, 9.17) is 14.0 Å². The van der Waals surface area contributed by atoms with Gasteiger partial charge in [0.1, 0.15) is 5.73 Å². The SMILES string of the molecule is COCCn1nc(-c2ccncc2)cc1C=C(F)B1OC(C)(C)C(C)(C)O1. The van der Waals surface area contributed by atoms with Crippen molar-refractivity contribution >= 4 is 13.2 Å². The van der Waals surface area contributed by atoms with E-state index < -0.39 is 24.0 Å². The van der Waals surface area contributed by atoms with Crippen molar-refractivity contribution in [2.75, 3.05) is 13.7 Å². The van der Waals surface area contributed by atoms with Gasteiger partial charge in [0.05, 0.1) is 35.7 Å². The molecule has 6 nitrogen and oxygen atoms in total. The number of methoxy groups -OCH3 is 1. The quantitative estimate of drug-likeness (QED) is 0.725. The molecule has 2 aromatic heterocycles. The van der Waals surface area contributed by atoms with E-state index in [0.717, 1.165) is 11.3 Å². The Kier molecular flexibility index (Phi) is 5.51. The fourth-order valence-corrected chi connectivity index (χ4v) is 2.73. The van der Waals surface area contributed by atoms with Gasteiger partial charge in [0.15, 0.2) is 0 Å². The van der Waals surface area contributed by atoms with Crippen LogP contribution in [0.1, 0.15) is 33.4 Å². The zero-order valence-electron chi connectivity index (χ0n) is 16.4. The van der Waals surface area contributed by atoms with E-state index >= 15 is 0 Å². The third kappa shape index (κ3) is 4.13. The van der Waals surface area contributed by atoms with Gasteiger partial charge in [-0.25, -0.2) is 4.39 Å². The number of aromatic nitrogens is 3. The van der Waals surface area contributed by atoms with Gasteiger partial charge in [-0.2, -0.15) is 5.10 Å². The maximum atomic E-state index is 14.9. The van der Waals surface area contributed by atoms with Crippen molar-refractivity contribution in [3.05, 3.63) is 42.0 Å². The highest BCUT2D eigenvalue weighted by atomic mass is 19.1. The summed E-state index contributed by atoms with van der Waals surface area (Å²) in [4.78, 5) is 4.02. The van der Waals surface area contributed by atoms with Gasteiger partial charge >= 0.3 is 7.12 Å². The van der Waals surface area contributed by atoms with Crippen LogP contribution in [0.4, 0.5) is 4.39 Å². The summed E-state index contributed by atoms with van der Waals surface area (Å²) in [5.74, 6) is 0. The second kappa shape index (κ2) is 7.54. The molecule has 3 rings (SSSR count). The third-order valence-electron chi connectivity index (χ3n) is 5.06. The molecule has 144 valence electrons. The fourth-order valence-electron chi connectivity index (χ4n) is 2.73. The van der Waals surface area contributed by atoms with Gasteiger partial charge in [-0.3, -0.25) is 9.67 Å². The van der Waals surface area contributed by atoms with E-state index in [1.165, 1.54) is 6.08 Å². The highest BCUT2D eigenvalue weighted by Gasteiger charge is 2.53. The van der Waals surface area contributed by atoms with Crippen molar-refractivity contribution < 1.29 is 18.4 Å². The van der Waals surface area contributed by atoms with Crippen LogP contribution in [0.15, 0.2) is 36.3 Å². The third-order valence-corrected chi connectivity index (χ3v) is 5.06. The van der Waals surface area contributed by atoms with Crippen LogP contribution in [0.2, 0.25) is 0 Å². The van der Waals surface area contributed by atoms with Crippen molar-refractivity contribution in [3.8, 4) is 11.3 Å². The van der Waals surface area contributed by atoms with E-state index in [0.29, 0.717) is 18.8 Å². The Labute approximate surface area is 159 Å². The van der Waals surface area contributed by atoms with Crippen LogP contribution in [0, 0.1) is 0 Å². The molecular formula is C19H25BFN3O3. The van der Waals surface area contributed by atoms with Crippen LogP contribution in [-0.2, 0) is 20.6 Å². The van der Waals surface area contributed by atoms with E-state index in [1.54, 1.807) is 24.2 Å². The number of hydrogen-bond donors (Lipinski definition) is 0. The lowest BCUT2D eigenvalue weighted by atomic mass is 9.87. The van der Waals surface area contributed by atoms with Crippen LogP contribution in [0.5, 0.6) is 0 Å². The minimum atomic E-state index is -1.04. The molecule has 1 aliphatic rings. The van der Waals surface area contributed by atoms with Gasteiger partial charge < -0.3 is 14.0 Å². The summed E-state index contributed by atoms with van der Waals surface area (Å²) in [6.07, 6.45) is 4.81. The van der Waals surface area contributed by atoms with Crippen LogP contribution in [0.25, 0.3) is 17.3 Å². The summed E-state index contributed by atoms with van der Waals surface area (Å²) in [7, 11) is 0.582. The number of nitrogens with zero attached hydrogens (tertiary/aromatic N) is 3. The van der Waals surface area contributed by atoms with E-state index in [-0.39, 0.29) is 0 Å². The molecule has 0 radical (unpaired) electrons. The standard InChI is InChI=1S/C19H25BFN3O3/c1-18(2)19(3,4)27-20(26-18)17(21)13-15-12-16(14-6-8-22-9-7-14)23-24(15)10-11-25-5/h6-9,12-13H,10-11H2,1-5H3. The summed E-state index contributed by atoms with van der Waals surface area (Å²) in [5, 5.41) is 4.57. The average Bonchev–Trinajstić information content (AvgIpc) is 3.11. The van der Waals surface area contributed by atoms with Gasteiger partial charge in [-0.1, -0.05) is 0 Å². The molecule has 0 spiro atoms. The first-order valence-electron chi connectivity index (χ1n) is 8.93. The number of pyridine rings is 1. The van der Waals surface area contributed by atoms with E-state index in [9.17, 15) is 4.39 Å². The molecule has 0 bridgehead atoms. The smallest absolute Gasteiger partial charge is 0.398 e. The molecule has 1 aliphatic heterocycles. The normalized spacial score (nSPS) is 18.9. The Morgan fingerprint density at radius 2 is 1.85 bits per heavy atom. The summed E-state index contributed by atoms with van der Waals surface area (Å²) in [6, 6.07) is 5.55. The minimum Gasteiger partial charge on any atom is -0.398 e. The van der Waals surface area contributed by atoms with E-state index in [2.05, 4.69) is 10.1 Å². The Bertz CT molecular complexity index is 805. The van der Waals surface area contributed by atoms with Crippen molar-refractivity contribution in [2.45, 2.75) is 45.4 Å². The van der Waals surface area contributed by atoms with Crippen LogP contribution in [-0.4, -0.2) is 46.8 Å². The van der Waals surface area contributed by atoms with Gasteiger partial charge in [0.2, 0.25) is 0 Å². The molecule has 0 unspecified atom stereocenters. The molecule has 3 heterocycles. The number of halogens is 1. The predicted molar refractivity (Wildman–Crippen MR) is 103 cm³/mol. The molecule has 2 aromatic rings. The van der Waals surface area contributed by atoms with Crippen molar-refractivity contribution in [2.24, 2.45) is 0 Å². The lowest BCUT2D eigenvalue weighted by molar-refractivity contribution is 0.00578. The monoisotopic (exact) mass is 373 g/mol. The number of ether oxygens (including phenoxy) is 1. The highest BCUT2D eigenvalue weighted by molar-refractivity contribution is 6.54. The molecule has 0 N–H and O–H groups in total. The fraction of sp³-hybridized carbons (Fsp3) is 0.474. The van der Waals surface area contributed by atoms with Gasteiger partial charge in [-0.05, 0) is 52.0 Å². The van der Waals surface area contributed by atoms with Gasteiger partial charge in [-0.15, -0.1) is 0 Å². The predicted octanol–water partition coefficient (Wildman–Crippen LogP) is 3.53. The Morgan fingerprint density at radius 1 is 1.22 bits per heavy atom. The summed E-state index contributed by atoms with van der Waals surface area (Å²) in [6.45, 7) is 8.55. The first-order chi connectivity index (χ1) is 12.7.